The minimum atomic E-state index is -0.766. The lowest BCUT2D eigenvalue weighted by Crippen LogP contribution is -2.43. The zero-order valence-electron chi connectivity index (χ0n) is 16.3. The standard InChI is InChI=1S/C20H23N5O4/c1-2-24-13-16(11-21)19(27)25(20(24)28)14-18(26)22-17-5-3-15(4-6-17)12-23-7-9-29-10-8-23/h3-6,13H,2,7-10,12,14H2,1H3,(H,22,26). The maximum Gasteiger partial charge on any atom is 0.331 e. The molecule has 0 radical (unpaired) electrons. The van der Waals surface area contributed by atoms with Gasteiger partial charge in [-0.15, -0.1) is 0 Å². The van der Waals surface area contributed by atoms with Gasteiger partial charge in [-0.2, -0.15) is 5.26 Å². The van der Waals surface area contributed by atoms with E-state index in [2.05, 4.69) is 10.2 Å². The lowest BCUT2D eigenvalue weighted by molar-refractivity contribution is -0.116. The van der Waals surface area contributed by atoms with Crippen LogP contribution in [0.1, 0.15) is 18.1 Å². The molecule has 0 atom stereocenters. The van der Waals surface area contributed by atoms with Crippen LogP contribution in [-0.2, 0) is 29.2 Å². The zero-order chi connectivity index (χ0) is 20.8. The van der Waals surface area contributed by atoms with Gasteiger partial charge in [0.15, 0.2) is 0 Å². The Morgan fingerprint density at radius 2 is 1.90 bits per heavy atom. The average Bonchev–Trinajstić information content (AvgIpc) is 2.73. The first-order valence-electron chi connectivity index (χ1n) is 9.45. The Bertz CT molecular complexity index is 1030. The van der Waals surface area contributed by atoms with Crippen molar-refractivity contribution in [3.05, 3.63) is 62.4 Å². The van der Waals surface area contributed by atoms with E-state index in [-0.39, 0.29) is 5.56 Å². The summed E-state index contributed by atoms with van der Waals surface area (Å²) < 4.78 is 7.35. The van der Waals surface area contributed by atoms with E-state index in [1.165, 1.54) is 10.8 Å². The van der Waals surface area contributed by atoms with Gasteiger partial charge in [0.1, 0.15) is 18.2 Å². The molecule has 2 heterocycles. The smallest absolute Gasteiger partial charge is 0.331 e. The van der Waals surface area contributed by atoms with E-state index in [1.54, 1.807) is 25.1 Å². The number of hydrogen-bond donors (Lipinski definition) is 1. The van der Waals surface area contributed by atoms with Crippen LogP contribution in [0.3, 0.4) is 0 Å². The topological polar surface area (TPSA) is 109 Å². The molecule has 1 amide bonds. The lowest BCUT2D eigenvalue weighted by atomic mass is 10.2. The number of ether oxygens (including phenoxy) is 1. The Hall–Kier alpha value is -3.22. The molecule has 29 heavy (non-hydrogen) atoms. The quantitative estimate of drug-likeness (QED) is 0.754. The van der Waals surface area contributed by atoms with Gasteiger partial charge in [-0.1, -0.05) is 12.1 Å². The van der Waals surface area contributed by atoms with Crippen molar-refractivity contribution in [2.24, 2.45) is 0 Å². The fourth-order valence-corrected chi connectivity index (χ4v) is 3.15. The first-order valence-corrected chi connectivity index (χ1v) is 9.45. The highest BCUT2D eigenvalue weighted by Crippen LogP contribution is 2.12. The molecule has 1 N–H and O–H groups in total. The largest absolute Gasteiger partial charge is 0.379 e. The van der Waals surface area contributed by atoms with Crippen LogP contribution in [0.25, 0.3) is 0 Å². The normalized spacial score (nSPS) is 14.3. The summed E-state index contributed by atoms with van der Waals surface area (Å²) in [6.45, 7) is 5.62. The molecule has 2 aromatic rings. The fourth-order valence-electron chi connectivity index (χ4n) is 3.15. The number of anilines is 1. The molecule has 1 aromatic heterocycles. The average molecular weight is 397 g/mol. The molecule has 1 aliphatic heterocycles. The Kier molecular flexibility index (Phi) is 6.59. The summed E-state index contributed by atoms with van der Waals surface area (Å²) in [4.78, 5) is 39.2. The van der Waals surface area contributed by atoms with Gasteiger partial charge >= 0.3 is 5.69 Å². The van der Waals surface area contributed by atoms with Gasteiger partial charge in [-0.25, -0.2) is 9.36 Å². The molecule has 1 fully saturated rings. The number of morpholine rings is 1. The summed E-state index contributed by atoms with van der Waals surface area (Å²) in [6, 6.07) is 9.19. The Morgan fingerprint density at radius 1 is 1.21 bits per heavy atom. The number of nitriles is 1. The van der Waals surface area contributed by atoms with Crippen molar-refractivity contribution in [2.45, 2.75) is 26.6 Å². The summed E-state index contributed by atoms with van der Waals surface area (Å²) in [5.41, 5.74) is 0.132. The van der Waals surface area contributed by atoms with Gasteiger partial charge in [-0.05, 0) is 24.6 Å². The van der Waals surface area contributed by atoms with Gasteiger partial charge in [-0.3, -0.25) is 19.1 Å². The van der Waals surface area contributed by atoms with Crippen molar-refractivity contribution in [2.75, 3.05) is 31.6 Å². The number of hydrogen-bond acceptors (Lipinski definition) is 6. The summed E-state index contributed by atoms with van der Waals surface area (Å²) in [6.07, 6.45) is 1.21. The number of benzene rings is 1. The van der Waals surface area contributed by atoms with E-state index in [4.69, 9.17) is 10.00 Å². The molecule has 9 heteroatoms. The number of nitrogens with one attached hydrogen (secondary N) is 1. The van der Waals surface area contributed by atoms with Crippen molar-refractivity contribution in [1.82, 2.24) is 14.0 Å². The number of aromatic nitrogens is 2. The number of aryl methyl sites for hydroxylation is 1. The van der Waals surface area contributed by atoms with Crippen LogP contribution in [0, 0.1) is 11.3 Å². The number of nitrogens with zero attached hydrogens (tertiary/aromatic N) is 4. The van der Waals surface area contributed by atoms with Crippen LogP contribution in [0.4, 0.5) is 5.69 Å². The van der Waals surface area contributed by atoms with Gasteiger partial charge in [0.2, 0.25) is 5.91 Å². The predicted octanol–water partition coefficient (Wildman–Crippen LogP) is 0.372. The molecule has 1 saturated heterocycles. The molecule has 1 aliphatic rings. The first kappa shape index (κ1) is 20.5. The molecule has 0 unspecified atom stereocenters. The second-order valence-corrected chi connectivity index (χ2v) is 6.75. The monoisotopic (exact) mass is 397 g/mol. The molecular formula is C20H23N5O4. The number of carbonyl (C=O) groups is 1. The molecule has 0 aliphatic carbocycles. The van der Waals surface area contributed by atoms with Crippen LogP contribution in [0.15, 0.2) is 40.1 Å². The molecular weight excluding hydrogens is 374 g/mol. The van der Waals surface area contributed by atoms with E-state index < -0.39 is 23.7 Å². The van der Waals surface area contributed by atoms with Crippen molar-refractivity contribution < 1.29 is 9.53 Å². The van der Waals surface area contributed by atoms with E-state index >= 15 is 0 Å². The molecule has 1 aromatic carbocycles. The highest BCUT2D eigenvalue weighted by molar-refractivity contribution is 5.90. The molecule has 0 spiro atoms. The Balaban J connectivity index is 1.67. The Morgan fingerprint density at radius 3 is 2.52 bits per heavy atom. The second-order valence-electron chi connectivity index (χ2n) is 6.75. The van der Waals surface area contributed by atoms with Crippen molar-refractivity contribution in [1.29, 1.82) is 5.26 Å². The highest BCUT2D eigenvalue weighted by atomic mass is 16.5. The number of amides is 1. The summed E-state index contributed by atoms with van der Waals surface area (Å²) in [5.74, 6) is -0.511. The number of rotatable bonds is 6. The zero-order valence-corrected chi connectivity index (χ0v) is 16.3. The van der Waals surface area contributed by atoms with Crippen LogP contribution >= 0.6 is 0 Å². The van der Waals surface area contributed by atoms with E-state index in [0.29, 0.717) is 12.2 Å². The van der Waals surface area contributed by atoms with E-state index in [9.17, 15) is 14.4 Å². The van der Waals surface area contributed by atoms with Gasteiger partial charge in [0, 0.05) is 38.1 Å². The third-order valence-corrected chi connectivity index (χ3v) is 4.75. The van der Waals surface area contributed by atoms with Crippen molar-refractivity contribution in [3.8, 4) is 6.07 Å². The van der Waals surface area contributed by atoms with Crippen molar-refractivity contribution >= 4 is 11.6 Å². The van der Waals surface area contributed by atoms with Crippen molar-refractivity contribution in [3.63, 3.8) is 0 Å². The molecule has 0 bridgehead atoms. The van der Waals surface area contributed by atoms with Gasteiger partial charge in [0.05, 0.1) is 13.2 Å². The van der Waals surface area contributed by atoms with E-state index in [1.807, 2.05) is 12.1 Å². The minimum Gasteiger partial charge on any atom is -0.379 e. The minimum absolute atomic E-state index is 0.174. The third-order valence-electron chi connectivity index (χ3n) is 4.75. The third kappa shape index (κ3) is 4.99. The van der Waals surface area contributed by atoms with Crippen LogP contribution in [0.2, 0.25) is 0 Å². The first-order chi connectivity index (χ1) is 14.0. The van der Waals surface area contributed by atoms with Gasteiger partial charge < -0.3 is 10.1 Å². The lowest BCUT2D eigenvalue weighted by Gasteiger charge is -2.26. The maximum atomic E-state index is 12.4. The summed E-state index contributed by atoms with van der Waals surface area (Å²) in [5, 5.41) is 11.8. The maximum absolute atomic E-state index is 12.4. The van der Waals surface area contributed by atoms with Crippen LogP contribution < -0.4 is 16.6 Å². The van der Waals surface area contributed by atoms with Gasteiger partial charge in [0.25, 0.3) is 5.56 Å². The summed E-state index contributed by atoms with van der Waals surface area (Å²) >= 11 is 0. The molecule has 3 rings (SSSR count). The molecule has 9 nitrogen and oxygen atoms in total. The highest BCUT2D eigenvalue weighted by Gasteiger charge is 2.14. The van der Waals surface area contributed by atoms with Crippen LogP contribution in [-0.4, -0.2) is 46.2 Å². The SMILES string of the molecule is CCn1cc(C#N)c(=O)n(CC(=O)Nc2ccc(CN3CCOCC3)cc2)c1=O. The second kappa shape index (κ2) is 9.32. The Labute approximate surface area is 167 Å². The number of carbonyl (C=O) groups excluding carboxylic acids is 1. The van der Waals surface area contributed by atoms with Crippen LogP contribution in [0.5, 0.6) is 0 Å². The van der Waals surface area contributed by atoms with E-state index in [0.717, 1.165) is 43.0 Å². The fraction of sp³-hybridized carbons (Fsp3) is 0.400. The molecule has 0 saturated carbocycles. The predicted molar refractivity (Wildman–Crippen MR) is 107 cm³/mol. The molecule has 152 valence electrons. The summed E-state index contributed by atoms with van der Waals surface area (Å²) in [7, 11) is 0.